The van der Waals surface area contributed by atoms with Gasteiger partial charge in [0.2, 0.25) is 0 Å². The van der Waals surface area contributed by atoms with Crippen LogP contribution >= 0.6 is 0 Å². The van der Waals surface area contributed by atoms with E-state index in [1.54, 1.807) is 24.5 Å². The number of urea groups is 1. The van der Waals surface area contributed by atoms with Crippen LogP contribution in [0.4, 0.5) is 10.5 Å². The highest BCUT2D eigenvalue weighted by atomic mass is 16.3. The van der Waals surface area contributed by atoms with E-state index < -0.39 is 6.10 Å². The van der Waals surface area contributed by atoms with Crippen LogP contribution in [0.5, 0.6) is 0 Å². The molecule has 1 unspecified atom stereocenters. The number of amides is 2. The lowest BCUT2D eigenvalue weighted by molar-refractivity contribution is 0.0154. The average Bonchev–Trinajstić information content (AvgIpc) is 2.36. The van der Waals surface area contributed by atoms with Gasteiger partial charge in [0.05, 0.1) is 18.0 Å². The number of anilines is 1. The molecular formula is C14H23N3O2. The maximum atomic E-state index is 11.7. The first-order valence-electron chi connectivity index (χ1n) is 6.46. The van der Waals surface area contributed by atoms with Gasteiger partial charge in [0.15, 0.2) is 0 Å². The number of rotatable bonds is 5. The molecule has 0 saturated heterocycles. The van der Waals surface area contributed by atoms with Gasteiger partial charge < -0.3 is 15.7 Å². The molecule has 0 aliphatic heterocycles. The molecule has 1 atom stereocenters. The van der Waals surface area contributed by atoms with Crippen molar-refractivity contribution in [2.45, 2.75) is 33.8 Å². The molecule has 0 radical (unpaired) electrons. The average molecular weight is 265 g/mol. The van der Waals surface area contributed by atoms with Gasteiger partial charge in [-0.05, 0) is 18.1 Å². The lowest BCUT2D eigenvalue weighted by Gasteiger charge is -2.33. The zero-order chi connectivity index (χ0) is 14.5. The van der Waals surface area contributed by atoms with Gasteiger partial charge in [0.25, 0.3) is 0 Å². The maximum absolute atomic E-state index is 11.7. The van der Waals surface area contributed by atoms with Gasteiger partial charge in [0.1, 0.15) is 0 Å². The first-order chi connectivity index (χ1) is 8.83. The monoisotopic (exact) mass is 265 g/mol. The number of pyridine rings is 1. The number of carbonyl (C=O) groups excluding carboxylic acids is 1. The molecule has 0 aliphatic carbocycles. The van der Waals surface area contributed by atoms with E-state index in [4.69, 9.17) is 0 Å². The van der Waals surface area contributed by atoms with E-state index >= 15 is 0 Å². The molecule has 0 bridgehead atoms. The molecule has 3 N–H and O–H groups in total. The minimum atomic E-state index is -0.466. The molecule has 0 aliphatic rings. The van der Waals surface area contributed by atoms with Crippen molar-refractivity contribution in [3.05, 3.63) is 24.5 Å². The maximum Gasteiger partial charge on any atom is 0.319 e. The lowest BCUT2D eigenvalue weighted by atomic mass is 9.81. The van der Waals surface area contributed by atoms with Crippen LogP contribution in [0.1, 0.15) is 27.7 Å². The number of nitrogens with zero attached hydrogens (tertiary/aromatic N) is 1. The molecule has 1 heterocycles. The first-order valence-corrected chi connectivity index (χ1v) is 6.46. The van der Waals surface area contributed by atoms with E-state index in [9.17, 15) is 9.90 Å². The smallest absolute Gasteiger partial charge is 0.319 e. The van der Waals surface area contributed by atoms with Crippen molar-refractivity contribution in [3.8, 4) is 0 Å². The van der Waals surface area contributed by atoms with Gasteiger partial charge >= 0.3 is 6.03 Å². The second kappa shape index (κ2) is 6.52. The van der Waals surface area contributed by atoms with Gasteiger partial charge in [-0.3, -0.25) is 4.98 Å². The van der Waals surface area contributed by atoms with Crippen LogP contribution in [-0.2, 0) is 0 Å². The van der Waals surface area contributed by atoms with Crippen LogP contribution in [0.25, 0.3) is 0 Å². The predicted octanol–water partition coefficient (Wildman–Crippen LogP) is 2.25. The number of hydrogen-bond acceptors (Lipinski definition) is 3. The third-order valence-electron chi connectivity index (χ3n) is 3.06. The molecule has 1 aromatic rings. The molecule has 106 valence electrons. The minimum absolute atomic E-state index is 0.151. The Hall–Kier alpha value is -1.62. The summed E-state index contributed by atoms with van der Waals surface area (Å²) < 4.78 is 0. The van der Waals surface area contributed by atoms with Crippen LogP contribution in [0.3, 0.4) is 0 Å². The Balaban J connectivity index is 2.46. The summed E-state index contributed by atoms with van der Waals surface area (Å²) in [6.45, 7) is 8.19. The summed E-state index contributed by atoms with van der Waals surface area (Å²) in [7, 11) is 0. The zero-order valence-electron chi connectivity index (χ0n) is 12.0. The van der Waals surface area contributed by atoms with Crippen molar-refractivity contribution in [2.24, 2.45) is 11.3 Å². The number of nitrogens with one attached hydrogen (secondary N) is 2. The molecule has 1 aromatic heterocycles. The number of aliphatic hydroxyl groups is 1. The SMILES string of the molecule is CC(C)C(O)C(C)(C)CNC(=O)Nc1cccnc1. The third-order valence-corrected chi connectivity index (χ3v) is 3.06. The van der Waals surface area contributed by atoms with Crippen molar-refractivity contribution < 1.29 is 9.90 Å². The van der Waals surface area contributed by atoms with Crippen LogP contribution in [0.2, 0.25) is 0 Å². The largest absolute Gasteiger partial charge is 0.392 e. The Bertz CT molecular complexity index is 404. The van der Waals surface area contributed by atoms with Gasteiger partial charge in [-0.1, -0.05) is 27.7 Å². The number of hydrogen-bond donors (Lipinski definition) is 3. The van der Waals surface area contributed by atoms with E-state index in [1.165, 1.54) is 0 Å². The van der Waals surface area contributed by atoms with E-state index in [-0.39, 0.29) is 17.4 Å². The lowest BCUT2D eigenvalue weighted by Crippen LogP contribution is -2.44. The fourth-order valence-electron chi connectivity index (χ4n) is 1.93. The Morgan fingerprint density at radius 3 is 2.68 bits per heavy atom. The summed E-state index contributed by atoms with van der Waals surface area (Å²) in [5.41, 5.74) is 0.266. The molecule has 19 heavy (non-hydrogen) atoms. The van der Waals surface area contributed by atoms with E-state index in [2.05, 4.69) is 15.6 Å². The second-order valence-electron chi connectivity index (χ2n) is 5.73. The van der Waals surface area contributed by atoms with Gasteiger partial charge in [-0.15, -0.1) is 0 Å². The number of aromatic nitrogens is 1. The third kappa shape index (κ3) is 4.87. The zero-order valence-corrected chi connectivity index (χ0v) is 12.0. The van der Waals surface area contributed by atoms with Crippen molar-refractivity contribution in [2.75, 3.05) is 11.9 Å². The summed E-state index contributed by atoms with van der Waals surface area (Å²) >= 11 is 0. The molecule has 0 spiro atoms. The van der Waals surface area contributed by atoms with Crippen LogP contribution in [0, 0.1) is 11.3 Å². The highest BCUT2D eigenvalue weighted by Gasteiger charge is 2.30. The summed E-state index contributed by atoms with van der Waals surface area (Å²) in [5, 5.41) is 15.5. The van der Waals surface area contributed by atoms with Crippen LogP contribution < -0.4 is 10.6 Å². The molecule has 0 saturated carbocycles. The van der Waals surface area contributed by atoms with E-state index in [0.717, 1.165) is 0 Å². The second-order valence-corrected chi connectivity index (χ2v) is 5.73. The summed E-state index contributed by atoms with van der Waals surface area (Å²) in [6, 6.07) is 3.22. The van der Waals surface area contributed by atoms with E-state index in [0.29, 0.717) is 12.2 Å². The van der Waals surface area contributed by atoms with Crippen LogP contribution in [0.15, 0.2) is 24.5 Å². The molecule has 2 amide bonds. The van der Waals surface area contributed by atoms with Crippen molar-refractivity contribution in [3.63, 3.8) is 0 Å². The molecule has 1 rings (SSSR count). The normalized spacial score (nSPS) is 13.2. The first kappa shape index (κ1) is 15.4. The standard InChI is InChI=1S/C14H23N3O2/c1-10(2)12(18)14(3,4)9-16-13(19)17-11-6-5-7-15-8-11/h5-8,10,12,18H,9H2,1-4H3,(H2,16,17,19). The van der Waals surface area contributed by atoms with Gasteiger partial charge in [-0.25, -0.2) is 4.79 Å². The van der Waals surface area contributed by atoms with Crippen molar-refractivity contribution >= 4 is 11.7 Å². The highest BCUT2D eigenvalue weighted by molar-refractivity contribution is 5.88. The van der Waals surface area contributed by atoms with Crippen molar-refractivity contribution in [1.29, 1.82) is 0 Å². The topological polar surface area (TPSA) is 74.2 Å². The number of aliphatic hydroxyl groups excluding tert-OH is 1. The van der Waals surface area contributed by atoms with Gasteiger partial charge in [0, 0.05) is 18.2 Å². The highest BCUT2D eigenvalue weighted by Crippen LogP contribution is 2.25. The fraction of sp³-hybridized carbons (Fsp3) is 0.571. The minimum Gasteiger partial charge on any atom is -0.392 e. The molecule has 5 nitrogen and oxygen atoms in total. The Labute approximate surface area is 114 Å². The Morgan fingerprint density at radius 2 is 2.16 bits per heavy atom. The molecule has 5 heteroatoms. The summed E-state index contributed by atoms with van der Waals surface area (Å²) in [6.07, 6.45) is 2.75. The molecule has 0 aromatic carbocycles. The molecular weight excluding hydrogens is 242 g/mol. The summed E-state index contributed by atoms with van der Waals surface area (Å²) in [5.74, 6) is 0.151. The molecule has 0 fully saturated rings. The Kier molecular flexibility index (Phi) is 5.30. The van der Waals surface area contributed by atoms with Gasteiger partial charge in [-0.2, -0.15) is 0 Å². The predicted molar refractivity (Wildman–Crippen MR) is 75.9 cm³/mol. The fourth-order valence-corrected chi connectivity index (χ4v) is 1.93. The van der Waals surface area contributed by atoms with E-state index in [1.807, 2.05) is 27.7 Å². The summed E-state index contributed by atoms with van der Waals surface area (Å²) in [4.78, 5) is 15.6. The Morgan fingerprint density at radius 1 is 1.47 bits per heavy atom. The quantitative estimate of drug-likeness (QED) is 0.764. The van der Waals surface area contributed by atoms with Crippen molar-refractivity contribution in [1.82, 2.24) is 10.3 Å². The number of carbonyl (C=O) groups is 1. The van der Waals surface area contributed by atoms with Crippen LogP contribution in [-0.4, -0.2) is 28.8 Å².